The van der Waals surface area contributed by atoms with Crippen LogP contribution in [0, 0.1) is 6.92 Å². The van der Waals surface area contributed by atoms with E-state index in [9.17, 15) is 4.79 Å². The van der Waals surface area contributed by atoms with Crippen LogP contribution in [0.25, 0.3) is 5.82 Å². The number of thioether (sulfide) groups is 1. The topological polar surface area (TPSA) is 168 Å². The van der Waals surface area contributed by atoms with Gasteiger partial charge in [0, 0.05) is 12.8 Å². The molecule has 0 saturated carbocycles. The van der Waals surface area contributed by atoms with Crippen LogP contribution in [-0.2, 0) is 12.8 Å². The summed E-state index contributed by atoms with van der Waals surface area (Å²) >= 11 is 1.34. The Morgan fingerprint density at radius 2 is 2.03 bits per heavy atom. The Morgan fingerprint density at radius 3 is 2.67 bits per heavy atom. The minimum Gasteiger partial charge on any atom is -0.378 e. The molecule has 0 bridgehead atoms. The predicted molar refractivity (Wildman–Crippen MR) is 120 cm³/mol. The van der Waals surface area contributed by atoms with E-state index in [1.54, 1.807) is 10.9 Å². The molecule has 0 atom stereocenters. The molecule has 0 radical (unpaired) electrons. The fourth-order valence-corrected chi connectivity index (χ4v) is 3.80. The smallest absolute Gasteiger partial charge is 0.293 e. The number of hydrazone groups is 1. The molecule has 14 heteroatoms. The number of hydrogen-bond donors (Lipinski definition) is 2. The molecule has 13 nitrogen and oxygen atoms in total. The number of rotatable bonds is 8. The van der Waals surface area contributed by atoms with Gasteiger partial charge in [-0.15, -0.1) is 15.3 Å². The molecule has 3 N–H and O–H groups in total. The van der Waals surface area contributed by atoms with Crippen molar-refractivity contribution in [2.45, 2.75) is 31.2 Å². The van der Waals surface area contributed by atoms with Crippen LogP contribution in [0.15, 0.2) is 45.5 Å². The highest BCUT2D eigenvalue weighted by molar-refractivity contribution is 7.98. The predicted octanol–water partition coefficient (Wildman–Crippen LogP) is 1.51. The summed E-state index contributed by atoms with van der Waals surface area (Å²) in [6.45, 7) is 3.97. The zero-order valence-electron chi connectivity index (χ0n) is 18.1. The molecule has 0 spiro atoms. The third-order valence-corrected chi connectivity index (χ3v) is 5.74. The van der Waals surface area contributed by atoms with Crippen LogP contribution in [0.3, 0.4) is 0 Å². The van der Waals surface area contributed by atoms with E-state index in [1.165, 1.54) is 16.4 Å². The van der Waals surface area contributed by atoms with Gasteiger partial charge in [0.25, 0.3) is 5.91 Å². The molecule has 170 valence electrons. The molecule has 4 rings (SSSR count). The van der Waals surface area contributed by atoms with E-state index in [1.807, 2.05) is 45.2 Å². The van der Waals surface area contributed by atoms with Crippen LogP contribution in [0.1, 0.15) is 40.7 Å². The Labute approximate surface area is 192 Å². The van der Waals surface area contributed by atoms with Crippen molar-refractivity contribution in [1.29, 1.82) is 0 Å². The third-order valence-electron chi connectivity index (χ3n) is 4.69. The van der Waals surface area contributed by atoms with Crippen molar-refractivity contribution in [3.8, 4) is 5.82 Å². The maximum atomic E-state index is 13.0. The Morgan fingerprint density at radius 1 is 1.24 bits per heavy atom. The highest BCUT2D eigenvalue weighted by Gasteiger charge is 2.24. The summed E-state index contributed by atoms with van der Waals surface area (Å²) in [5.41, 5.74) is 11.7. The summed E-state index contributed by atoms with van der Waals surface area (Å²) in [4.78, 5) is 13.0. The van der Waals surface area contributed by atoms with E-state index >= 15 is 0 Å². The van der Waals surface area contributed by atoms with Crippen molar-refractivity contribution in [1.82, 2.24) is 45.5 Å². The number of carbonyl (C=O) groups excluding carboxylic acids is 1. The van der Waals surface area contributed by atoms with Crippen LogP contribution < -0.4 is 11.2 Å². The number of nitrogens with zero attached hydrogens (tertiary/aromatic N) is 9. The number of benzene rings is 1. The molecule has 0 aliphatic carbocycles. The van der Waals surface area contributed by atoms with E-state index in [0.717, 1.165) is 16.8 Å². The first-order valence-electron chi connectivity index (χ1n) is 9.91. The number of nitrogens with two attached hydrogens (primary N) is 1. The van der Waals surface area contributed by atoms with Gasteiger partial charge in [0.2, 0.25) is 11.6 Å². The minimum absolute atomic E-state index is 0.0161. The van der Waals surface area contributed by atoms with Crippen molar-refractivity contribution >= 4 is 29.2 Å². The average Bonchev–Trinajstić information content (AvgIpc) is 3.53. The summed E-state index contributed by atoms with van der Waals surface area (Å²) in [5, 5.41) is 28.3. The van der Waals surface area contributed by atoms with Gasteiger partial charge in [-0.2, -0.15) is 9.78 Å². The van der Waals surface area contributed by atoms with Crippen LogP contribution in [-0.4, -0.2) is 51.7 Å². The summed E-state index contributed by atoms with van der Waals surface area (Å²) in [5.74, 6) is -0.102. The highest BCUT2D eigenvalue weighted by atomic mass is 32.2. The van der Waals surface area contributed by atoms with Crippen molar-refractivity contribution in [2.75, 3.05) is 5.73 Å². The standard InChI is InChI=1S/C19H21N11O2S/c1-4-13(12-7-5-11(2)6-8-12)22-24-18(31)15-14(9-33-19-25-21-10-29(19)3)30(28-23-15)17-16(20)26-32-27-17/h5-8,10H,4,9H2,1-3H3,(H2,20,26)(H,24,31). The lowest BCUT2D eigenvalue weighted by molar-refractivity contribution is 0.0949. The molecule has 33 heavy (non-hydrogen) atoms. The van der Waals surface area contributed by atoms with Gasteiger partial charge in [0.15, 0.2) is 10.9 Å². The normalized spacial score (nSPS) is 11.7. The molecule has 1 amide bonds. The first kappa shape index (κ1) is 22.1. The zero-order chi connectivity index (χ0) is 23.4. The molecule has 3 heterocycles. The average molecular weight is 468 g/mol. The quantitative estimate of drug-likeness (QED) is 0.220. The van der Waals surface area contributed by atoms with Gasteiger partial charge in [-0.25, -0.2) is 10.1 Å². The number of aryl methyl sites for hydroxylation is 2. The molecular weight excluding hydrogens is 446 g/mol. The van der Waals surface area contributed by atoms with E-state index in [2.05, 4.69) is 46.0 Å². The fourth-order valence-electron chi connectivity index (χ4n) is 2.92. The first-order chi connectivity index (χ1) is 16.0. The van der Waals surface area contributed by atoms with Crippen molar-refractivity contribution in [3.63, 3.8) is 0 Å². The van der Waals surface area contributed by atoms with Gasteiger partial charge in [-0.3, -0.25) is 4.79 Å². The summed E-state index contributed by atoms with van der Waals surface area (Å²) in [6.07, 6.45) is 2.21. The van der Waals surface area contributed by atoms with E-state index in [4.69, 9.17) is 5.73 Å². The molecule has 0 aliphatic rings. The molecule has 0 saturated heterocycles. The summed E-state index contributed by atoms with van der Waals surface area (Å²) < 4.78 is 7.74. The Kier molecular flexibility index (Phi) is 6.44. The lowest BCUT2D eigenvalue weighted by Gasteiger charge is -2.07. The number of aromatic nitrogens is 8. The second-order valence-electron chi connectivity index (χ2n) is 7.00. The number of nitrogen functional groups attached to an aromatic ring is 1. The Hall–Kier alpha value is -4.07. The number of amides is 1. The van der Waals surface area contributed by atoms with Gasteiger partial charge in [-0.05, 0) is 29.2 Å². The SMILES string of the molecule is CCC(=NNC(=O)c1nnn(-c2nonc2N)c1CSc1nncn1C)c1ccc(C)cc1. The highest BCUT2D eigenvalue weighted by Crippen LogP contribution is 2.24. The second kappa shape index (κ2) is 9.60. The van der Waals surface area contributed by atoms with Crippen LogP contribution in [0.2, 0.25) is 0 Å². The van der Waals surface area contributed by atoms with E-state index in [0.29, 0.717) is 17.3 Å². The summed E-state index contributed by atoms with van der Waals surface area (Å²) in [6, 6.07) is 7.91. The molecular formula is C19H21N11O2S. The van der Waals surface area contributed by atoms with Crippen LogP contribution in [0.4, 0.5) is 5.82 Å². The molecule has 0 unspecified atom stereocenters. The largest absolute Gasteiger partial charge is 0.378 e. The number of nitrogens with one attached hydrogen (secondary N) is 1. The molecule has 3 aromatic heterocycles. The number of hydrogen-bond acceptors (Lipinski definition) is 11. The molecule has 0 fully saturated rings. The fraction of sp³-hybridized carbons (Fsp3) is 0.263. The first-order valence-corrected chi connectivity index (χ1v) is 10.9. The minimum atomic E-state index is -0.525. The molecule has 0 aliphatic heterocycles. The summed E-state index contributed by atoms with van der Waals surface area (Å²) in [7, 11) is 1.82. The zero-order valence-corrected chi connectivity index (χ0v) is 18.9. The lowest BCUT2D eigenvalue weighted by Crippen LogP contribution is -2.22. The van der Waals surface area contributed by atoms with Crippen LogP contribution in [0.5, 0.6) is 0 Å². The van der Waals surface area contributed by atoms with Crippen molar-refractivity contribution < 1.29 is 9.42 Å². The van der Waals surface area contributed by atoms with Gasteiger partial charge >= 0.3 is 0 Å². The van der Waals surface area contributed by atoms with Gasteiger partial charge in [0.05, 0.1) is 11.4 Å². The van der Waals surface area contributed by atoms with Gasteiger partial charge < -0.3 is 10.3 Å². The maximum Gasteiger partial charge on any atom is 0.293 e. The Balaban J connectivity index is 1.62. The number of carbonyl (C=O) groups is 1. The third kappa shape index (κ3) is 4.74. The van der Waals surface area contributed by atoms with E-state index < -0.39 is 5.91 Å². The van der Waals surface area contributed by atoms with E-state index in [-0.39, 0.29) is 23.1 Å². The molecule has 4 aromatic rings. The molecule has 1 aromatic carbocycles. The maximum absolute atomic E-state index is 13.0. The van der Waals surface area contributed by atoms with Crippen LogP contribution >= 0.6 is 11.8 Å². The van der Waals surface area contributed by atoms with Crippen molar-refractivity contribution in [2.24, 2.45) is 12.1 Å². The lowest BCUT2D eigenvalue weighted by atomic mass is 10.1. The monoisotopic (exact) mass is 467 g/mol. The Bertz CT molecular complexity index is 1290. The second-order valence-corrected chi connectivity index (χ2v) is 7.94. The van der Waals surface area contributed by atoms with Gasteiger partial charge in [-0.1, -0.05) is 53.7 Å². The number of anilines is 1. The van der Waals surface area contributed by atoms with Crippen molar-refractivity contribution in [3.05, 3.63) is 53.1 Å². The van der Waals surface area contributed by atoms with Gasteiger partial charge in [0.1, 0.15) is 6.33 Å².